The van der Waals surface area contributed by atoms with E-state index in [1.54, 1.807) is 24.3 Å². The number of rotatable bonds is 7. The normalized spacial score (nSPS) is 15.7. The molecule has 2 amide bonds. The molecule has 1 N–H and O–H groups in total. The number of nitro groups is 1. The molecule has 1 atom stereocenters. The fourth-order valence-electron chi connectivity index (χ4n) is 3.10. The summed E-state index contributed by atoms with van der Waals surface area (Å²) in [6, 6.07) is 12.0. The minimum absolute atomic E-state index is 0.0459. The van der Waals surface area contributed by atoms with E-state index in [1.807, 2.05) is 6.92 Å². The highest BCUT2D eigenvalue weighted by molar-refractivity contribution is 6.03. The number of non-ortho nitro benzene ring substituents is 1. The number of ether oxygens (including phenoxy) is 1. The number of nitrogens with zero attached hydrogens (tertiary/aromatic N) is 2. The highest BCUT2D eigenvalue weighted by atomic mass is 16.6. The molecule has 2 aromatic rings. The molecule has 30 heavy (non-hydrogen) atoms. The van der Waals surface area contributed by atoms with Gasteiger partial charge in [0, 0.05) is 36.5 Å². The highest BCUT2D eigenvalue weighted by Gasteiger charge is 2.35. The van der Waals surface area contributed by atoms with Gasteiger partial charge < -0.3 is 15.0 Å². The van der Waals surface area contributed by atoms with Gasteiger partial charge in [0.25, 0.3) is 5.69 Å². The van der Waals surface area contributed by atoms with Gasteiger partial charge in [0.15, 0.2) is 0 Å². The van der Waals surface area contributed by atoms with E-state index in [0.717, 1.165) is 6.42 Å². The predicted molar refractivity (Wildman–Crippen MR) is 109 cm³/mol. The number of benzene rings is 2. The quantitative estimate of drug-likeness (QED) is 0.425. The number of carbonyl (C=O) groups excluding carboxylic acids is 3. The molecule has 0 bridgehead atoms. The first-order chi connectivity index (χ1) is 14.4. The molecule has 3 rings (SSSR count). The Hall–Kier alpha value is -3.75. The second-order valence-electron chi connectivity index (χ2n) is 6.88. The Morgan fingerprint density at radius 2 is 1.83 bits per heavy atom. The number of hydrogen-bond donors (Lipinski definition) is 1. The maximum absolute atomic E-state index is 12.6. The van der Waals surface area contributed by atoms with Crippen molar-refractivity contribution < 1.29 is 24.0 Å². The van der Waals surface area contributed by atoms with Crippen molar-refractivity contribution in [3.8, 4) is 0 Å². The summed E-state index contributed by atoms with van der Waals surface area (Å²) < 4.78 is 5.06. The molecule has 1 fully saturated rings. The third-order valence-electron chi connectivity index (χ3n) is 4.69. The fraction of sp³-hybridized carbons (Fsp3) is 0.286. The van der Waals surface area contributed by atoms with E-state index in [0.29, 0.717) is 23.5 Å². The number of amides is 2. The predicted octanol–water partition coefficient (Wildman–Crippen LogP) is 3.15. The lowest BCUT2D eigenvalue weighted by molar-refractivity contribution is -0.384. The van der Waals surface area contributed by atoms with Gasteiger partial charge in [0.1, 0.15) is 0 Å². The standard InChI is InChI=1S/C21H21N3O6/c1-2-11-30-21(27)14-3-5-16(6-4-14)22-20(26)15-12-19(25)23(13-15)17-7-9-18(10-8-17)24(28)29/h3-10,15H,2,11-13H2,1H3,(H,22,26)/t15-/m1/s1. The lowest BCUT2D eigenvalue weighted by Crippen LogP contribution is -2.28. The second-order valence-corrected chi connectivity index (χ2v) is 6.88. The summed E-state index contributed by atoms with van der Waals surface area (Å²) in [6.07, 6.45) is 0.779. The Kier molecular flexibility index (Phi) is 6.41. The van der Waals surface area contributed by atoms with Crippen LogP contribution in [0.3, 0.4) is 0 Å². The highest BCUT2D eigenvalue weighted by Crippen LogP contribution is 2.27. The van der Waals surface area contributed by atoms with Crippen LogP contribution in [-0.2, 0) is 14.3 Å². The first-order valence-corrected chi connectivity index (χ1v) is 9.52. The molecular weight excluding hydrogens is 390 g/mol. The van der Waals surface area contributed by atoms with Gasteiger partial charge in [-0.25, -0.2) is 4.79 Å². The van der Waals surface area contributed by atoms with Gasteiger partial charge in [-0.2, -0.15) is 0 Å². The number of hydrogen-bond acceptors (Lipinski definition) is 6. The molecule has 1 aliphatic heterocycles. The van der Waals surface area contributed by atoms with Crippen LogP contribution in [0.1, 0.15) is 30.1 Å². The van der Waals surface area contributed by atoms with Crippen LogP contribution in [0.4, 0.5) is 17.1 Å². The van der Waals surface area contributed by atoms with Crippen molar-refractivity contribution >= 4 is 34.8 Å². The van der Waals surface area contributed by atoms with Crippen molar-refractivity contribution in [1.82, 2.24) is 0 Å². The maximum atomic E-state index is 12.6. The summed E-state index contributed by atoms with van der Waals surface area (Å²) in [6.45, 7) is 2.44. The molecule has 1 aliphatic rings. The van der Waals surface area contributed by atoms with Crippen LogP contribution in [0.5, 0.6) is 0 Å². The van der Waals surface area contributed by atoms with Crippen LogP contribution in [0.15, 0.2) is 48.5 Å². The SMILES string of the molecule is CCCOC(=O)c1ccc(NC(=O)[C@@H]2CC(=O)N(c3ccc([N+](=O)[O-])cc3)C2)cc1. The second kappa shape index (κ2) is 9.17. The zero-order valence-electron chi connectivity index (χ0n) is 16.4. The summed E-state index contributed by atoms with van der Waals surface area (Å²) in [5.41, 5.74) is 1.34. The van der Waals surface area contributed by atoms with Crippen LogP contribution in [-0.4, -0.2) is 35.9 Å². The van der Waals surface area contributed by atoms with Crippen LogP contribution in [0.25, 0.3) is 0 Å². The Morgan fingerprint density at radius 3 is 2.43 bits per heavy atom. The van der Waals surface area contributed by atoms with Gasteiger partial charge in [0.2, 0.25) is 11.8 Å². The van der Waals surface area contributed by atoms with Crippen LogP contribution >= 0.6 is 0 Å². The summed E-state index contributed by atoms with van der Waals surface area (Å²) in [4.78, 5) is 48.4. The zero-order valence-corrected chi connectivity index (χ0v) is 16.4. The smallest absolute Gasteiger partial charge is 0.338 e. The number of anilines is 2. The first-order valence-electron chi connectivity index (χ1n) is 9.52. The third kappa shape index (κ3) is 4.80. The molecule has 1 heterocycles. The summed E-state index contributed by atoms with van der Waals surface area (Å²) in [5.74, 6) is -1.51. The van der Waals surface area contributed by atoms with Crippen molar-refractivity contribution in [3.05, 3.63) is 64.2 Å². The van der Waals surface area contributed by atoms with Crippen LogP contribution < -0.4 is 10.2 Å². The largest absolute Gasteiger partial charge is 0.462 e. The van der Waals surface area contributed by atoms with Crippen molar-refractivity contribution in [3.63, 3.8) is 0 Å². The lowest BCUT2D eigenvalue weighted by atomic mass is 10.1. The summed E-state index contributed by atoms with van der Waals surface area (Å²) in [7, 11) is 0. The molecule has 9 nitrogen and oxygen atoms in total. The zero-order chi connectivity index (χ0) is 21.7. The molecule has 9 heteroatoms. The summed E-state index contributed by atoms with van der Waals surface area (Å²) in [5, 5.41) is 13.5. The average molecular weight is 411 g/mol. The average Bonchev–Trinajstić information content (AvgIpc) is 3.14. The van der Waals surface area contributed by atoms with E-state index in [4.69, 9.17) is 4.74 Å². The Morgan fingerprint density at radius 1 is 1.17 bits per heavy atom. The van der Waals surface area contributed by atoms with Crippen molar-refractivity contribution in [2.24, 2.45) is 5.92 Å². The molecule has 156 valence electrons. The van der Waals surface area contributed by atoms with E-state index in [1.165, 1.54) is 29.2 Å². The van der Waals surface area contributed by atoms with Gasteiger partial charge in [0.05, 0.1) is 23.0 Å². The lowest BCUT2D eigenvalue weighted by Gasteiger charge is -2.16. The maximum Gasteiger partial charge on any atom is 0.338 e. The van der Waals surface area contributed by atoms with Gasteiger partial charge in [-0.1, -0.05) is 6.92 Å². The first kappa shape index (κ1) is 21.0. The van der Waals surface area contributed by atoms with E-state index in [2.05, 4.69) is 5.32 Å². The van der Waals surface area contributed by atoms with E-state index in [-0.39, 0.29) is 30.5 Å². The van der Waals surface area contributed by atoms with E-state index in [9.17, 15) is 24.5 Å². The fourth-order valence-corrected chi connectivity index (χ4v) is 3.10. The van der Waals surface area contributed by atoms with E-state index < -0.39 is 16.8 Å². The number of esters is 1. The topological polar surface area (TPSA) is 119 Å². The van der Waals surface area contributed by atoms with Gasteiger partial charge in [-0.3, -0.25) is 19.7 Å². The third-order valence-corrected chi connectivity index (χ3v) is 4.69. The Labute approximate surface area is 172 Å². The molecule has 0 spiro atoms. The van der Waals surface area contributed by atoms with Gasteiger partial charge in [-0.15, -0.1) is 0 Å². The Bertz CT molecular complexity index is 956. The number of nitro benzene ring substituents is 1. The number of nitrogens with one attached hydrogen (secondary N) is 1. The van der Waals surface area contributed by atoms with Crippen molar-refractivity contribution in [2.45, 2.75) is 19.8 Å². The van der Waals surface area contributed by atoms with Gasteiger partial charge in [-0.05, 0) is 42.8 Å². The molecule has 0 saturated carbocycles. The summed E-state index contributed by atoms with van der Waals surface area (Å²) >= 11 is 0. The molecule has 0 radical (unpaired) electrons. The molecule has 1 saturated heterocycles. The van der Waals surface area contributed by atoms with Crippen molar-refractivity contribution in [1.29, 1.82) is 0 Å². The van der Waals surface area contributed by atoms with Crippen LogP contribution in [0, 0.1) is 16.0 Å². The van der Waals surface area contributed by atoms with E-state index >= 15 is 0 Å². The molecule has 0 unspecified atom stereocenters. The van der Waals surface area contributed by atoms with Crippen molar-refractivity contribution in [2.75, 3.05) is 23.4 Å². The monoisotopic (exact) mass is 411 g/mol. The number of carbonyl (C=O) groups is 3. The molecule has 2 aromatic carbocycles. The Balaban J connectivity index is 1.60. The molecular formula is C21H21N3O6. The van der Waals surface area contributed by atoms with Crippen LogP contribution in [0.2, 0.25) is 0 Å². The minimum Gasteiger partial charge on any atom is -0.462 e. The minimum atomic E-state index is -0.554. The van der Waals surface area contributed by atoms with Gasteiger partial charge >= 0.3 is 5.97 Å². The molecule has 0 aliphatic carbocycles. The molecule has 0 aromatic heterocycles.